The summed E-state index contributed by atoms with van der Waals surface area (Å²) >= 11 is 0. The number of hydrogen-bond donors (Lipinski definition) is 2. The average molecular weight is 315 g/mol. The van der Waals surface area contributed by atoms with Crippen molar-refractivity contribution in [2.24, 2.45) is 0 Å². The molecule has 0 saturated heterocycles. The molecule has 4 nitrogen and oxygen atoms in total. The molecular formula is C15H22FNO3S. The van der Waals surface area contributed by atoms with Crippen molar-refractivity contribution in [1.29, 1.82) is 0 Å². The lowest BCUT2D eigenvalue weighted by molar-refractivity contribution is 0.281. The zero-order valence-corrected chi connectivity index (χ0v) is 13.0. The molecule has 0 spiro atoms. The fourth-order valence-corrected chi connectivity index (χ4v) is 4.37. The Balaban J connectivity index is 2.28. The first-order valence-corrected chi connectivity index (χ1v) is 8.84. The molecule has 6 heteroatoms. The summed E-state index contributed by atoms with van der Waals surface area (Å²) in [6.07, 6.45) is 5.92. The van der Waals surface area contributed by atoms with Gasteiger partial charge in [0, 0.05) is 11.6 Å². The molecule has 1 fully saturated rings. The lowest BCUT2D eigenvalue weighted by Crippen LogP contribution is -2.35. The zero-order valence-electron chi connectivity index (χ0n) is 12.2. The predicted molar refractivity (Wildman–Crippen MR) is 78.9 cm³/mol. The molecule has 0 bridgehead atoms. The molecule has 1 aromatic carbocycles. The molecule has 0 unspecified atom stereocenters. The Morgan fingerprint density at radius 2 is 1.86 bits per heavy atom. The van der Waals surface area contributed by atoms with Crippen LogP contribution >= 0.6 is 0 Å². The van der Waals surface area contributed by atoms with Gasteiger partial charge in [-0.1, -0.05) is 25.7 Å². The van der Waals surface area contributed by atoms with Crippen molar-refractivity contribution in [3.8, 4) is 0 Å². The number of aliphatic hydroxyl groups is 1. The third kappa shape index (κ3) is 4.02. The summed E-state index contributed by atoms with van der Waals surface area (Å²) < 4.78 is 41.5. The number of halogens is 1. The fraction of sp³-hybridized carbons (Fsp3) is 0.600. The van der Waals surface area contributed by atoms with Crippen LogP contribution in [0.2, 0.25) is 0 Å². The van der Waals surface area contributed by atoms with Gasteiger partial charge in [-0.25, -0.2) is 17.5 Å². The molecule has 0 aromatic heterocycles. The molecule has 0 atom stereocenters. The first-order chi connectivity index (χ1) is 9.94. The summed E-state index contributed by atoms with van der Waals surface area (Å²) in [5, 5.41) is 9.12. The van der Waals surface area contributed by atoms with E-state index in [4.69, 9.17) is 5.11 Å². The molecule has 0 aliphatic heterocycles. The number of aliphatic hydroxyl groups excluding tert-OH is 1. The van der Waals surface area contributed by atoms with Crippen molar-refractivity contribution in [2.45, 2.75) is 63.0 Å². The van der Waals surface area contributed by atoms with Crippen molar-refractivity contribution in [2.75, 3.05) is 0 Å². The Kier molecular flexibility index (Phi) is 5.35. The maximum atomic E-state index is 13.8. The summed E-state index contributed by atoms with van der Waals surface area (Å²) in [6.45, 7) is 1.06. The first-order valence-electron chi connectivity index (χ1n) is 7.36. The highest BCUT2D eigenvalue weighted by Crippen LogP contribution is 2.23. The molecule has 0 amide bonds. The van der Waals surface area contributed by atoms with Crippen LogP contribution in [0, 0.1) is 12.7 Å². The van der Waals surface area contributed by atoms with E-state index >= 15 is 0 Å². The van der Waals surface area contributed by atoms with Crippen LogP contribution in [0.4, 0.5) is 4.39 Å². The van der Waals surface area contributed by atoms with Crippen LogP contribution in [0.15, 0.2) is 17.0 Å². The topological polar surface area (TPSA) is 66.4 Å². The SMILES string of the molecule is Cc1c(F)cc(CO)cc1S(=O)(=O)NC1CCCCCC1. The van der Waals surface area contributed by atoms with E-state index in [0.29, 0.717) is 0 Å². The van der Waals surface area contributed by atoms with Gasteiger partial charge >= 0.3 is 0 Å². The van der Waals surface area contributed by atoms with Crippen molar-refractivity contribution >= 4 is 10.0 Å². The largest absolute Gasteiger partial charge is 0.392 e. The number of sulfonamides is 1. The van der Waals surface area contributed by atoms with Crippen molar-refractivity contribution in [3.63, 3.8) is 0 Å². The summed E-state index contributed by atoms with van der Waals surface area (Å²) in [5.41, 5.74) is 0.354. The molecule has 1 aliphatic rings. The molecule has 1 saturated carbocycles. The van der Waals surface area contributed by atoms with E-state index in [-0.39, 0.29) is 28.7 Å². The first kappa shape index (κ1) is 16.4. The Morgan fingerprint density at radius 1 is 1.24 bits per heavy atom. The lowest BCUT2D eigenvalue weighted by Gasteiger charge is -2.18. The number of hydrogen-bond acceptors (Lipinski definition) is 3. The van der Waals surface area contributed by atoms with Crippen molar-refractivity contribution < 1.29 is 17.9 Å². The third-order valence-corrected chi connectivity index (χ3v) is 5.65. The Morgan fingerprint density at radius 3 is 2.43 bits per heavy atom. The highest BCUT2D eigenvalue weighted by Gasteiger charge is 2.24. The van der Waals surface area contributed by atoms with E-state index in [1.54, 1.807) is 0 Å². The highest BCUT2D eigenvalue weighted by molar-refractivity contribution is 7.89. The second-order valence-electron chi connectivity index (χ2n) is 5.67. The molecule has 2 rings (SSSR count). The van der Waals surface area contributed by atoms with Crippen LogP contribution in [-0.4, -0.2) is 19.6 Å². The van der Waals surface area contributed by atoms with Gasteiger partial charge in [-0.05, 0) is 37.5 Å². The quantitative estimate of drug-likeness (QED) is 0.839. The van der Waals surface area contributed by atoms with Gasteiger partial charge in [0.25, 0.3) is 0 Å². The average Bonchev–Trinajstić information content (AvgIpc) is 2.69. The summed E-state index contributed by atoms with van der Waals surface area (Å²) in [7, 11) is -3.76. The van der Waals surface area contributed by atoms with Gasteiger partial charge in [0.05, 0.1) is 11.5 Å². The molecule has 0 heterocycles. The number of rotatable bonds is 4. The summed E-state index contributed by atoms with van der Waals surface area (Å²) in [5.74, 6) is -0.609. The van der Waals surface area contributed by atoms with E-state index in [1.165, 1.54) is 19.1 Å². The van der Waals surface area contributed by atoms with Gasteiger partial charge in [0.2, 0.25) is 10.0 Å². The maximum absolute atomic E-state index is 13.8. The smallest absolute Gasteiger partial charge is 0.241 e. The fourth-order valence-electron chi connectivity index (χ4n) is 2.76. The van der Waals surface area contributed by atoms with Crippen LogP contribution in [0.3, 0.4) is 0 Å². The third-order valence-electron chi connectivity index (χ3n) is 4.01. The monoisotopic (exact) mass is 315 g/mol. The standard InChI is InChI=1S/C15H22FNO3S/c1-11-14(16)8-12(10-18)9-15(11)21(19,20)17-13-6-4-2-3-5-7-13/h8-9,13,17-18H,2-7,10H2,1H3. The van der Waals surface area contributed by atoms with E-state index in [2.05, 4.69) is 4.72 Å². The maximum Gasteiger partial charge on any atom is 0.241 e. The van der Waals surface area contributed by atoms with Gasteiger partial charge in [0.15, 0.2) is 0 Å². The highest BCUT2D eigenvalue weighted by atomic mass is 32.2. The number of benzene rings is 1. The Labute approximate surface area is 125 Å². The molecule has 1 aliphatic carbocycles. The minimum Gasteiger partial charge on any atom is -0.392 e. The normalized spacial score (nSPS) is 17.7. The minimum absolute atomic E-state index is 0.0733. The second kappa shape index (κ2) is 6.85. The van der Waals surface area contributed by atoms with Crippen LogP contribution in [0.25, 0.3) is 0 Å². The van der Waals surface area contributed by atoms with Crippen LogP contribution in [0.1, 0.15) is 49.7 Å². The molecule has 0 radical (unpaired) electrons. The Hall–Kier alpha value is -0.980. The summed E-state index contributed by atoms with van der Waals surface area (Å²) in [6, 6.07) is 2.43. The van der Waals surface area contributed by atoms with E-state index < -0.39 is 15.8 Å². The van der Waals surface area contributed by atoms with Crippen LogP contribution < -0.4 is 4.72 Å². The Bertz CT molecular complexity index is 593. The van der Waals surface area contributed by atoms with Gasteiger partial charge in [0.1, 0.15) is 5.82 Å². The van der Waals surface area contributed by atoms with Crippen molar-refractivity contribution in [3.05, 3.63) is 29.1 Å². The molecule has 2 N–H and O–H groups in total. The molecule has 1 aromatic rings. The minimum atomic E-state index is -3.76. The summed E-state index contributed by atoms with van der Waals surface area (Å²) in [4.78, 5) is -0.0733. The van der Waals surface area contributed by atoms with E-state index in [9.17, 15) is 12.8 Å². The number of nitrogens with one attached hydrogen (secondary N) is 1. The van der Waals surface area contributed by atoms with Gasteiger partial charge in [-0.15, -0.1) is 0 Å². The van der Waals surface area contributed by atoms with Gasteiger partial charge in [-0.3, -0.25) is 0 Å². The molecule has 21 heavy (non-hydrogen) atoms. The van der Waals surface area contributed by atoms with Crippen LogP contribution in [-0.2, 0) is 16.6 Å². The molecule has 118 valence electrons. The second-order valence-corrected chi connectivity index (χ2v) is 7.35. The van der Waals surface area contributed by atoms with Crippen LogP contribution in [0.5, 0.6) is 0 Å². The van der Waals surface area contributed by atoms with E-state index in [0.717, 1.165) is 38.5 Å². The van der Waals surface area contributed by atoms with Crippen molar-refractivity contribution in [1.82, 2.24) is 4.72 Å². The van der Waals surface area contributed by atoms with E-state index in [1.807, 2.05) is 0 Å². The lowest BCUT2D eigenvalue weighted by atomic mass is 10.1. The molecular weight excluding hydrogens is 293 g/mol. The van der Waals surface area contributed by atoms with Gasteiger partial charge in [-0.2, -0.15) is 0 Å². The zero-order chi connectivity index (χ0) is 15.5. The predicted octanol–water partition coefficient (Wildman–Crippen LogP) is 2.63. The van der Waals surface area contributed by atoms with Gasteiger partial charge < -0.3 is 5.11 Å².